The Morgan fingerprint density at radius 3 is 3.12 bits per heavy atom. The molecule has 1 aliphatic heterocycles. The number of halogens is 2. The zero-order chi connectivity index (χ0) is 17.8. The molecule has 25 heavy (non-hydrogen) atoms. The predicted octanol–water partition coefficient (Wildman–Crippen LogP) is 2.00. The number of carbonyl (C=O) groups is 1. The molecule has 1 aliphatic rings. The number of hydrogen-bond donors (Lipinski definition) is 1. The third-order valence-corrected chi connectivity index (χ3v) is 4.50. The third kappa shape index (κ3) is 4.36. The Morgan fingerprint density at radius 1 is 1.52 bits per heavy atom. The number of amides is 1. The maximum absolute atomic E-state index is 13.7. The van der Waals surface area contributed by atoms with Crippen molar-refractivity contribution in [3.05, 3.63) is 52.8 Å². The van der Waals surface area contributed by atoms with Crippen LogP contribution in [0.2, 0.25) is 5.02 Å². The van der Waals surface area contributed by atoms with Crippen LogP contribution in [-0.2, 0) is 22.6 Å². The molecule has 1 aromatic heterocycles. The summed E-state index contributed by atoms with van der Waals surface area (Å²) in [4.78, 5) is 18.1. The summed E-state index contributed by atoms with van der Waals surface area (Å²) in [6.07, 6.45) is 3.60. The molecule has 0 fully saturated rings. The lowest BCUT2D eigenvalue weighted by molar-refractivity contribution is -0.124. The fourth-order valence-electron chi connectivity index (χ4n) is 3.06. The Morgan fingerprint density at radius 2 is 2.36 bits per heavy atom. The van der Waals surface area contributed by atoms with Crippen molar-refractivity contribution in [1.82, 2.24) is 19.8 Å². The monoisotopic (exact) mass is 366 g/mol. The largest absolute Gasteiger partial charge is 0.375 e. The van der Waals surface area contributed by atoms with Gasteiger partial charge in [0.05, 0.1) is 23.1 Å². The van der Waals surface area contributed by atoms with Gasteiger partial charge < -0.3 is 14.6 Å². The predicted molar refractivity (Wildman–Crippen MR) is 91.7 cm³/mol. The lowest BCUT2D eigenvalue weighted by Crippen LogP contribution is -2.42. The molecule has 2 heterocycles. The van der Waals surface area contributed by atoms with Gasteiger partial charge in [-0.05, 0) is 17.7 Å². The molecule has 0 radical (unpaired) electrons. The second-order valence-corrected chi connectivity index (χ2v) is 6.51. The van der Waals surface area contributed by atoms with Crippen LogP contribution in [0.5, 0.6) is 0 Å². The minimum absolute atomic E-state index is 0.0390. The van der Waals surface area contributed by atoms with Crippen molar-refractivity contribution in [2.75, 3.05) is 26.8 Å². The molecule has 0 spiro atoms. The van der Waals surface area contributed by atoms with Crippen LogP contribution in [0, 0.1) is 5.82 Å². The minimum Gasteiger partial charge on any atom is -0.375 e. The number of ether oxygens (including phenoxy) is 1. The van der Waals surface area contributed by atoms with E-state index in [1.165, 1.54) is 13.2 Å². The van der Waals surface area contributed by atoms with E-state index in [4.69, 9.17) is 16.3 Å². The number of imidazole rings is 1. The van der Waals surface area contributed by atoms with Crippen LogP contribution in [-0.4, -0.2) is 47.2 Å². The van der Waals surface area contributed by atoms with E-state index in [0.717, 1.165) is 17.8 Å². The van der Waals surface area contributed by atoms with Gasteiger partial charge in [-0.25, -0.2) is 9.37 Å². The van der Waals surface area contributed by atoms with E-state index >= 15 is 0 Å². The van der Waals surface area contributed by atoms with Gasteiger partial charge in [-0.15, -0.1) is 0 Å². The molecular weight excluding hydrogens is 347 g/mol. The van der Waals surface area contributed by atoms with Gasteiger partial charge >= 0.3 is 0 Å². The summed E-state index contributed by atoms with van der Waals surface area (Å²) in [6, 6.07) is 4.92. The molecule has 8 heteroatoms. The summed E-state index contributed by atoms with van der Waals surface area (Å²) < 4.78 is 20.6. The minimum atomic E-state index is -0.412. The molecule has 1 amide bonds. The number of methoxy groups -OCH3 is 1. The van der Waals surface area contributed by atoms with E-state index < -0.39 is 5.82 Å². The number of hydrogen-bond acceptors (Lipinski definition) is 4. The molecule has 0 saturated heterocycles. The molecule has 1 aromatic carbocycles. The van der Waals surface area contributed by atoms with Gasteiger partial charge in [-0.2, -0.15) is 0 Å². The van der Waals surface area contributed by atoms with E-state index in [-0.39, 0.29) is 23.6 Å². The summed E-state index contributed by atoms with van der Waals surface area (Å²) in [5, 5.41) is 2.99. The van der Waals surface area contributed by atoms with Crippen molar-refractivity contribution in [3.63, 3.8) is 0 Å². The Balaban J connectivity index is 1.68. The number of fused-ring (bicyclic) bond motifs is 1. The van der Waals surface area contributed by atoms with E-state index in [9.17, 15) is 9.18 Å². The maximum atomic E-state index is 13.7. The number of benzene rings is 1. The topological polar surface area (TPSA) is 59.4 Å². The molecule has 134 valence electrons. The number of aromatic nitrogens is 2. The van der Waals surface area contributed by atoms with Gasteiger partial charge in [0.1, 0.15) is 12.4 Å². The Kier molecular flexibility index (Phi) is 5.67. The summed E-state index contributed by atoms with van der Waals surface area (Å²) in [5.41, 5.74) is 1.92. The van der Waals surface area contributed by atoms with Crippen molar-refractivity contribution < 1.29 is 13.9 Å². The van der Waals surface area contributed by atoms with Gasteiger partial charge in [0.2, 0.25) is 5.91 Å². The first-order chi connectivity index (χ1) is 12.1. The summed E-state index contributed by atoms with van der Waals surface area (Å²) in [6.45, 7) is 2.56. The van der Waals surface area contributed by atoms with Crippen molar-refractivity contribution in [3.8, 4) is 0 Å². The first kappa shape index (κ1) is 17.8. The van der Waals surface area contributed by atoms with E-state index in [0.29, 0.717) is 19.6 Å². The highest BCUT2D eigenvalue weighted by Gasteiger charge is 2.25. The Labute approximate surface area is 150 Å². The molecule has 1 atom stereocenters. The number of nitrogens with zero attached hydrogens (tertiary/aromatic N) is 3. The van der Waals surface area contributed by atoms with Crippen molar-refractivity contribution in [2.24, 2.45) is 0 Å². The van der Waals surface area contributed by atoms with Gasteiger partial charge in [0.15, 0.2) is 0 Å². The number of carbonyl (C=O) groups excluding carboxylic acids is 1. The smallest absolute Gasteiger partial charge is 0.246 e. The fourth-order valence-corrected chi connectivity index (χ4v) is 3.17. The Bertz CT molecular complexity index is 752. The van der Waals surface area contributed by atoms with Crippen LogP contribution >= 0.6 is 11.6 Å². The lowest BCUT2D eigenvalue weighted by atomic mass is 10.1. The highest BCUT2D eigenvalue weighted by atomic mass is 35.5. The third-order valence-electron chi connectivity index (χ3n) is 4.19. The molecule has 0 bridgehead atoms. The van der Waals surface area contributed by atoms with Crippen molar-refractivity contribution in [1.29, 1.82) is 0 Å². The van der Waals surface area contributed by atoms with E-state index in [1.54, 1.807) is 12.4 Å². The van der Waals surface area contributed by atoms with Crippen LogP contribution in [0.25, 0.3) is 0 Å². The second kappa shape index (κ2) is 7.95. The lowest BCUT2D eigenvalue weighted by Gasteiger charge is -2.34. The van der Waals surface area contributed by atoms with Crippen LogP contribution < -0.4 is 5.32 Å². The number of nitrogens with one attached hydrogen (secondary N) is 1. The molecule has 6 nitrogen and oxygen atoms in total. The number of rotatable bonds is 6. The first-order valence-electron chi connectivity index (χ1n) is 7.99. The molecule has 0 saturated carbocycles. The normalized spacial score (nSPS) is 17.3. The standard InChI is InChI=1S/C17H20ClFN4O2/c1-25-10-17(24)21-6-14-9-22(8-13-5-20-11-23(13)14)7-12-2-3-15(18)16(19)4-12/h2-5,11,14H,6-10H2,1H3,(H,21,24)/t14-/m1/s1. The zero-order valence-electron chi connectivity index (χ0n) is 13.9. The van der Waals surface area contributed by atoms with E-state index in [2.05, 4.69) is 19.8 Å². The van der Waals surface area contributed by atoms with Crippen LogP contribution in [0.1, 0.15) is 17.3 Å². The maximum Gasteiger partial charge on any atom is 0.246 e. The molecular formula is C17H20ClFN4O2. The highest BCUT2D eigenvalue weighted by molar-refractivity contribution is 6.30. The van der Waals surface area contributed by atoms with Crippen molar-refractivity contribution in [2.45, 2.75) is 19.1 Å². The Hall–Kier alpha value is -1.96. The second-order valence-electron chi connectivity index (χ2n) is 6.10. The SMILES string of the molecule is COCC(=O)NC[C@@H]1CN(Cc2ccc(Cl)c(F)c2)Cc2cncn21. The molecule has 3 rings (SSSR count). The summed E-state index contributed by atoms with van der Waals surface area (Å²) in [7, 11) is 1.49. The first-order valence-corrected chi connectivity index (χ1v) is 8.37. The van der Waals surface area contributed by atoms with Gasteiger partial charge in [-0.1, -0.05) is 17.7 Å². The average Bonchev–Trinajstić information content (AvgIpc) is 3.05. The molecule has 1 N–H and O–H groups in total. The molecule has 0 aliphatic carbocycles. The highest BCUT2D eigenvalue weighted by Crippen LogP contribution is 2.23. The van der Waals surface area contributed by atoms with Gasteiger partial charge in [0, 0.05) is 39.5 Å². The fraction of sp³-hybridized carbons (Fsp3) is 0.412. The summed E-state index contributed by atoms with van der Waals surface area (Å²) in [5.74, 6) is -0.564. The molecule has 0 unspecified atom stereocenters. The average molecular weight is 367 g/mol. The van der Waals surface area contributed by atoms with Crippen LogP contribution in [0.3, 0.4) is 0 Å². The van der Waals surface area contributed by atoms with Crippen LogP contribution in [0.15, 0.2) is 30.7 Å². The van der Waals surface area contributed by atoms with Gasteiger partial charge in [-0.3, -0.25) is 9.69 Å². The zero-order valence-corrected chi connectivity index (χ0v) is 14.7. The summed E-state index contributed by atoms with van der Waals surface area (Å²) >= 11 is 5.74. The quantitative estimate of drug-likeness (QED) is 0.849. The molecule has 2 aromatic rings. The van der Waals surface area contributed by atoms with Crippen LogP contribution in [0.4, 0.5) is 4.39 Å². The van der Waals surface area contributed by atoms with Crippen molar-refractivity contribution >= 4 is 17.5 Å². The van der Waals surface area contributed by atoms with E-state index in [1.807, 2.05) is 12.3 Å². The van der Waals surface area contributed by atoms with Gasteiger partial charge in [0.25, 0.3) is 0 Å².